The van der Waals surface area contributed by atoms with E-state index in [0.717, 1.165) is 28.3 Å². The molecular weight excluding hydrogens is 348 g/mol. The van der Waals surface area contributed by atoms with E-state index in [4.69, 9.17) is 4.74 Å². The van der Waals surface area contributed by atoms with E-state index in [1.165, 1.54) is 18.7 Å². The van der Waals surface area contributed by atoms with Gasteiger partial charge in [0.25, 0.3) is 0 Å². The molecule has 2 aromatic rings. The zero-order chi connectivity index (χ0) is 18.9. The van der Waals surface area contributed by atoms with Crippen LogP contribution in [0, 0.1) is 0 Å². The van der Waals surface area contributed by atoms with Crippen LogP contribution in [-0.4, -0.2) is 30.7 Å². The summed E-state index contributed by atoms with van der Waals surface area (Å²) in [6.07, 6.45) is 0.776. The Balaban J connectivity index is 1.76. The fourth-order valence-corrected chi connectivity index (χ4v) is 3.24. The number of ether oxygens (including phenoxy) is 1. The van der Waals surface area contributed by atoms with Crippen LogP contribution in [-0.2, 0) is 16.0 Å². The SMILES string of the molecule is COc1ccc(CCNC(=O)[C@@H](C)Sc2ccc(NC(C)=O)cc2)cc1. The Morgan fingerprint density at radius 1 is 1.08 bits per heavy atom. The summed E-state index contributed by atoms with van der Waals surface area (Å²) in [5, 5.41) is 5.50. The van der Waals surface area contributed by atoms with E-state index in [9.17, 15) is 9.59 Å². The van der Waals surface area contributed by atoms with Crippen molar-refractivity contribution in [2.75, 3.05) is 19.0 Å². The molecule has 5 nitrogen and oxygen atoms in total. The molecule has 1 atom stereocenters. The molecule has 138 valence electrons. The van der Waals surface area contributed by atoms with E-state index in [-0.39, 0.29) is 17.1 Å². The minimum absolute atomic E-state index is 0.00875. The molecule has 2 amide bonds. The Morgan fingerprint density at radius 2 is 1.73 bits per heavy atom. The van der Waals surface area contributed by atoms with Gasteiger partial charge in [-0.25, -0.2) is 0 Å². The zero-order valence-corrected chi connectivity index (χ0v) is 16.1. The van der Waals surface area contributed by atoms with Gasteiger partial charge >= 0.3 is 0 Å². The molecule has 0 saturated carbocycles. The predicted molar refractivity (Wildman–Crippen MR) is 106 cm³/mol. The van der Waals surface area contributed by atoms with Gasteiger partial charge < -0.3 is 15.4 Å². The summed E-state index contributed by atoms with van der Waals surface area (Å²) in [5.41, 5.74) is 1.90. The predicted octanol–water partition coefficient (Wildman–Crippen LogP) is 3.49. The standard InChI is InChI=1S/C20H24N2O3S/c1-14(26-19-10-6-17(7-11-19)22-15(2)23)20(24)21-13-12-16-4-8-18(25-3)9-5-16/h4-11,14H,12-13H2,1-3H3,(H,21,24)(H,22,23)/t14-/m1/s1. The van der Waals surface area contributed by atoms with Gasteiger partial charge in [-0.15, -0.1) is 11.8 Å². The summed E-state index contributed by atoms with van der Waals surface area (Å²) in [6, 6.07) is 15.3. The number of carbonyl (C=O) groups is 2. The van der Waals surface area contributed by atoms with Crippen LogP contribution in [0.3, 0.4) is 0 Å². The minimum atomic E-state index is -0.197. The van der Waals surface area contributed by atoms with Gasteiger partial charge in [-0.1, -0.05) is 12.1 Å². The second kappa shape index (κ2) is 9.87. The molecule has 2 aromatic carbocycles. The summed E-state index contributed by atoms with van der Waals surface area (Å²) in [5.74, 6) is 0.733. The normalized spacial score (nSPS) is 11.5. The van der Waals surface area contributed by atoms with Gasteiger partial charge in [0.05, 0.1) is 12.4 Å². The lowest BCUT2D eigenvalue weighted by atomic mass is 10.1. The van der Waals surface area contributed by atoms with Crippen LogP contribution in [0.1, 0.15) is 19.4 Å². The van der Waals surface area contributed by atoms with Crippen LogP contribution >= 0.6 is 11.8 Å². The number of nitrogens with one attached hydrogen (secondary N) is 2. The first-order valence-electron chi connectivity index (χ1n) is 8.43. The molecule has 6 heteroatoms. The van der Waals surface area contributed by atoms with E-state index in [0.29, 0.717) is 6.54 Å². The summed E-state index contributed by atoms with van der Waals surface area (Å²) in [7, 11) is 1.64. The number of benzene rings is 2. The molecule has 0 aliphatic heterocycles. The third-order valence-electron chi connectivity index (χ3n) is 3.73. The Morgan fingerprint density at radius 3 is 2.31 bits per heavy atom. The van der Waals surface area contributed by atoms with Crippen molar-refractivity contribution in [2.24, 2.45) is 0 Å². The van der Waals surface area contributed by atoms with Gasteiger partial charge in [0.15, 0.2) is 0 Å². The van der Waals surface area contributed by atoms with Crippen LogP contribution in [0.2, 0.25) is 0 Å². The monoisotopic (exact) mass is 372 g/mol. The Labute approximate surface area is 158 Å². The number of carbonyl (C=O) groups excluding carboxylic acids is 2. The molecule has 0 heterocycles. The van der Waals surface area contributed by atoms with Gasteiger partial charge in [-0.2, -0.15) is 0 Å². The van der Waals surface area contributed by atoms with E-state index < -0.39 is 0 Å². The molecule has 2 rings (SSSR count). The fraction of sp³-hybridized carbons (Fsp3) is 0.300. The molecule has 0 radical (unpaired) electrons. The van der Waals surface area contributed by atoms with E-state index >= 15 is 0 Å². The highest BCUT2D eigenvalue weighted by Crippen LogP contribution is 2.24. The average Bonchev–Trinajstić information content (AvgIpc) is 2.63. The third kappa shape index (κ3) is 6.44. The van der Waals surface area contributed by atoms with E-state index in [1.54, 1.807) is 7.11 Å². The molecule has 0 unspecified atom stereocenters. The van der Waals surface area contributed by atoms with Gasteiger partial charge in [0, 0.05) is 24.1 Å². The Hall–Kier alpha value is -2.47. The summed E-state index contributed by atoms with van der Waals surface area (Å²) in [4.78, 5) is 24.2. The number of rotatable bonds is 8. The first kappa shape index (κ1) is 19.8. The molecule has 0 saturated heterocycles. The van der Waals surface area contributed by atoms with Crippen LogP contribution in [0.15, 0.2) is 53.4 Å². The molecule has 0 aromatic heterocycles. The van der Waals surface area contributed by atoms with E-state index in [1.807, 2.05) is 55.5 Å². The van der Waals surface area contributed by atoms with Gasteiger partial charge in [0.2, 0.25) is 11.8 Å². The molecule has 0 aliphatic rings. The molecule has 2 N–H and O–H groups in total. The highest BCUT2D eigenvalue weighted by atomic mass is 32.2. The molecule has 0 bridgehead atoms. The highest BCUT2D eigenvalue weighted by Gasteiger charge is 2.13. The Kier molecular flexibility index (Phi) is 7.53. The topological polar surface area (TPSA) is 67.4 Å². The smallest absolute Gasteiger partial charge is 0.233 e. The lowest BCUT2D eigenvalue weighted by molar-refractivity contribution is -0.120. The number of hydrogen-bond acceptors (Lipinski definition) is 4. The molecule has 0 fully saturated rings. The molecule has 0 aliphatic carbocycles. The number of thioether (sulfide) groups is 1. The van der Waals surface area contributed by atoms with Gasteiger partial charge in [-0.3, -0.25) is 9.59 Å². The van der Waals surface area contributed by atoms with Crippen molar-refractivity contribution >= 4 is 29.3 Å². The van der Waals surface area contributed by atoms with Crippen LogP contribution in [0.4, 0.5) is 5.69 Å². The van der Waals surface area contributed by atoms with E-state index in [2.05, 4.69) is 10.6 Å². The second-order valence-corrected chi connectivity index (χ2v) is 7.27. The first-order chi connectivity index (χ1) is 12.5. The maximum absolute atomic E-state index is 12.2. The average molecular weight is 372 g/mol. The summed E-state index contributed by atoms with van der Waals surface area (Å²) in [6.45, 7) is 3.95. The first-order valence-corrected chi connectivity index (χ1v) is 9.31. The summed E-state index contributed by atoms with van der Waals surface area (Å²) >= 11 is 1.49. The van der Waals surface area contributed by atoms with Crippen molar-refractivity contribution < 1.29 is 14.3 Å². The molecular formula is C20H24N2O3S. The van der Waals surface area contributed by atoms with Crippen LogP contribution in [0.25, 0.3) is 0 Å². The number of anilines is 1. The van der Waals surface area contributed by atoms with Crippen molar-refractivity contribution in [3.05, 3.63) is 54.1 Å². The van der Waals surface area contributed by atoms with Gasteiger partial charge in [-0.05, 0) is 55.3 Å². The minimum Gasteiger partial charge on any atom is -0.497 e. The molecule has 26 heavy (non-hydrogen) atoms. The van der Waals surface area contributed by atoms with Crippen molar-refractivity contribution in [2.45, 2.75) is 30.4 Å². The van der Waals surface area contributed by atoms with Crippen molar-refractivity contribution in [3.8, 4) is 5.75 Å². The van der Waals surface area contributed by atoms with Crippen molar-refractivity contribution in [1.29, 1.82) is 0 Å². The maximum Gasteiger partial charge on any atom is 0.233 e. The Bertz CT molecular complexity index is 730. The number of amides is 2. The quantitative estimate of drug-likeness (QED) is 0.696. The third-order valence-corrected chi connectivity index (χ3v) is 4.84. The summed E-state index contributed by atoms with van der Waals surface area (Å²) < 4.78 is 5.13. The molecule has 0 spiro atoms. The van der Waals surface area contributed by atoms with Crippen molar-refractivity contribution in [1.82, 2.24) is 5.32 Å². The van der Waals surface area contributed by atoms with Crippen LogP contribution < -0.4 is 15.4 Å². The largest absolute Gasteiger partial charge is 0.497 e. The second-order valence-electron chi connectivity index (χ2n) is 5.85. The van der Waals surface area contributed by atoms with Crippen molar-refractivity contribution in [3.63, 3.8) is 0 Å². The lowest BCUT2D eigenvalue weighted by Gasteiger charge is -2.12. The fourth-order valence-electron chi connectivity index (χ4n) is 2.34. The van der Waals surface area contributed by atoms with Gasteiger partial charge in [0.1, 0.15) is 5.75 Å². The van der Waals surface area contributed by atoms with Crippen LogP contribution in [0.5, 0.6) is 5.75 Å². The highest BCUT2D eigenvalue weighted by molar-refractivity contribution is 8.00. The number of hydrogen-bond donors (Lipinski definition) is 2. The lowest BCUT2D eigenvalue weighted by Crippen LogP contribution is -2.32. The number of methoxy groups -OCH3 is 1. The zero-order valence-electron chi connectivity index (χ0n) is 15.2. The maximum atomic E-state index is 12.2.